The number of benzene rings is 4. The van der Waals surface area contributed by atoms with Crippen molar-refractivity contribution in [1.29, 1.82) is 0 Å². The van der Waals surface area contributed by atoms with E-state index in [1.165, 1.54) is 11.8 Å². The molecule has 1 fully saturated rings. The number of ether oxygens (including phenoxy) is 2. The summed E-state index contributed by atoms with van der Waals surface area (Å²) in [7, 11) is 0. The van der Waals surface area contributed by atoms with Crippen molar-refractivity contribution in [2.24, 2.45) is 0 Å². The van der Waals surface area contributed by atoms with E-state index in [1.54, 1.807) is 18.2 Å². The molecule has 234 valence electrons. The summed E-state index contributed by atoms with van der Waals surface area (Å²) in [5.41, 5.74) is 5.51. The number of aromatic carboxylic acids is 1. The molecule has 1 aliphatic heterocycles. The maximum Gasteiger partial charge on any atom is 0.336 e. The number of carbonyl (C=O) groups excluding carboxylic acids is 1. The first-order valence-corrected chi connectivity index (χ1v) is 16.2. The number of amides is 1. The molecule has 0 radical (unpaired) electrons. The van der Waals surface area contributed by atoms with Crippen LogP contribution < -0.4 is 5.32 Å². The average molecular weight is 687 g/mol. The number of aliphatic hydroxyl groups excluding tert-OH is 1. The predicted molar refractivity (Wildman–Crippen MR) is 177 cm³/mol. The van der Waals surface area contributed by atoms with Crippen LogP contribution in [-0.4, -0.2) is 37.7 Å². The van der Waals surface area contributed by atoms with Crippen molar-refractivity contribution >= 4 is 58.4 Å². The van der Waals surface area contributed by atoms with Crippen molar-refractivity contribution in [3.63, 3.8) is 0 Å². The molecule has 0 spiro atoms. The lowest BCUT2D eigenvalue weighted by Gasteiger charge is -2.36. The molecule has 3 atom stereocenters. The predicted octanol–water partition coefficient (Wildman–Crippen LogP) is 7.87. The Balaban J connectivity index is 1.37. The van der Waals surface area contributed by atoms with Gasteiger partial charge in [0.2, 0.25) is 0 Å². The maximum atomic E-state index is 12.0. The number of carboxylic acid groups (broad SMARTS) is 1. The molecule has 4 aromatic rings. The number of halogens is 3. The normalized spacial score (nSPS) is 18.4. The minimum atomic E-state index is -2.04. The van der Waals surface area contributed by atoms with Crippen molar-refractivity contribution < 1.29 is 29.3 Å². The highest BCUT2D eigenvalue weighted by Crippen LogP contribution is 2.40. The van der Waals surface area contributed by atoms with Gasteiger partial charge in [0.15, 0.2) is 6.29 Å². The Labute approximate surface area is 280 Å². The molecule has 1 amide bonds. The monoisotopic (exact) mass is 685 g/mol. The Morgan fingerprint density at radius 3 is 2.27 bits per heavy atom. The second-order valence-corrected chi connectivity index (χ2v) is 13.8. The molecule has 1 saturated heterocycles. The van der Waals surface area contributed by atoms with Gasteiger partial charge in [-0.1, -0.05) is 108 Å². The van der Waals surface area contributed by atoms with E-state index >= 15 is 0 Å². The van der Waals surface area contributed by atoms with E-state index in [2.05, 4.69) is 5.32 Å². The molecule has 5 rings (SSSR count). The highest BCUT2D eigenvalue weighted by Gasteiger charge is 2.33. The summed E-state index contributed by atoms with van der Waals surface area (Å²) < 4.78 is 11.0. The van der Waals surface area contributed by atoms with Crippen molar-refractivity contribution in [3.05, 3.63) is 125 Å². The maximum absolute atomic E-state index is 12.0. The highest BCUT2D eigenvalue weighted by atomic mass is 35.6. The van der Waals surface area contributed by atoms with Gasteiger partial charge in [-0.25, -0.2) is 4.79 Å². The molecule has 1 aliphatic rings. The number of carboxylic acids is 1. The molecule has 1 heterocycles. The Morgan fingerprint density at radius 1 is 0.844 bits per heavy atom. The van der Waals surface area contributed by atoms with E-state index in [1.807, 2.05) is 78.9 Å². The molecule has 0 saturated carbocycles. The number of nitrogens with one attached hydrogen (secondary N) is 1. The van der Waals surface area contributed by atoms with Gasteiger partial charge in [0.1, 0.15) is 0 Å². The second-order valence-electron chi connectivity index (χ2n) is 10.5. The van der Waals surface area contributed by atoms with Crippen LogP contribution >= 0.6 is 46.6 Å². The van der Waals surface area contributed by atoms with Gasteiger partial charge in [0, 0.05) is 29.2 Å². The van der Waals surface area contributed by atoms with Crippen LogP contribution in [0.4, 0.5) is 0 Å². The van der Waals surface area contributed by atoms with Crippen LogP contribution in [0, 0.1) is 0 Å². The Hall–Kier alpha value is -3.08. The number of thioether (sulfide) groups is 1. The topological polar surface area (TPSA) is 105 Å². The Kier molecular flexibility index (Phi) is 11.1. The fourth-order valence-corrected chi connectivity index (χ4v) is 6.25. The summed E-state index contributed by atoms with van der Waals surface area (Å²) >= 11 is 18.5. The van der Waals surface area contributed by atoms with E-state index < -0.39 is 22.0 Å². The number of carbonyl (C=O) groups is 2. The molecule has 0 unspecified atom stereocenters. The number of hydrogen-bond donors (Lipinski definition) is 3. The highest BCUT2D eigenvalue weighted by molar-refractivity contribution is 7.99. The van der Waals surface area contributed by atoms with Crippen LogP contribution in [0.2, 0.25) is 0 Å². The summed E-state index contributed by atoms with van der Waals surface area (Å²) in [5.74, 6) is -1.15. The molecule has 0 aromatic heterocycles. The molecular formula is C34H30Cl3NO6S. The Bertz CT molecular complexity index is 1650. The molecule has 4 aromatic carbocycles. The lowest BCUT2D eigenvalue weighted by atomic mass is 9.99. The van der Waals surface area contributed by atoms with E-state index in [0.717, 1.165) is 33.4 Å². The quantitative estimate of drug-likeness (QED) is 0.115. The van der Waals surface area contributed by atoms with Gasteiger partial charge in [-0.05, 0) is 52.1 Å². The fourth-order valence-electron chi connectivity index (χ4n) is 4.98. The third-order valence-electron chi connectivity index (χ3n) is 7.29. The largest absolute Gasteiger partial charge is 0.478 e. The van der Waals surface area contributed by atoms with Gasteiger partial charge in [-0.3, -0.25) is 4.79 Å². The van der Waals surface area contributed by atoms with E-state index in [-0.39, 0.29) is 30.9 Å². The zero-order valence-electron chi connectivity index (χ0n) is 23.9. The van der Waals surface area contributed by atoms with Crippen LogP contribution in [-0.2, 0) is 27.4 Å². The smallest absolute Gasteiger partial charge is 0.336 e. The Morgan fingerprint density at radius 2 is 1.56 bits per heavy atom. The van der Waals surface area contributed by atoms with Gasteiger partial charge >= 0.3 is 5.97 Å². The van der Waals surface area contributed by atoms with Crippen LogP contribution in [0.15, 0.2) is 102 Å². The number of alkyl halides is 3. The first-order chi connectivity index (χ1) is 21.6. The summed E-state index contributed by atoms with van der Waals surface area (Å²) in [4.78, 5) is 24.4. The molecule has 45 heavy (non-hydrogen) atoms. The van der Waals surface area contributed by atoms with Crippen LogP contribution in [0.5, 0.6) is 0 Å². The molecule has 7 nitrogen and oxygen atoms in total. The molecule has 0 aliphatic carbocycles. The van der Waals surface area contributed by atoms with Crippen LogP contribution in [0.1, 0.15) is 51.4 Å². The summed E-state index contributed by atoms with van der Waals surface area (Å²) in [6.45, 7) is 0.142. The van der Waals surface area contributed by atoms with E-state index in [0.29, 0.717) is 17.1 Å². The summed E-state index contributed by atoms with van der Waals surface area (Å²) in [5, 5.41) is 21.8. The minimum Gasteiger partial charge on any atom is -0.478 e. The standard InChI is InChI=1S/C34H30Cl3NO6S/c35-34(36,37)33(42)38-18-22-5-3-6-24(15-22)25-7-4-8-26(16-25)32-43-27(20-45-30-10-2-1-9-28(30)31(40)41)17-29(44-32)23-13-11-21(19-39)12-14-23/h1-16,27,29,32,39H,17-20H2,(H,38,42)(H,40,41)/t27-,29+,32+/m0/s1. The van der Waals surface area contributed by atoms with Crippen LogP contribution in [0.25, 0.3) is 11.1 Å². The fraction of sp³-hybridized carbons (Fsp3) is 0.235. The average Bonchev–Trinajstić information content (AvgIpc) is 3.06. The molecular weight excluding hydrogens is 657 g/mol. The van der Waals surface area contributed by atoms with Gasteiger partial charge < -0.3 is 25.0 Å². The first kappa shape index (κ1) is 33.3. The third kappa shape index (κ3) is 8.80. The lowest BCUT2D eigenvalue weighted by molar-refractivity contribution is -0.245. The summed E-state index contributed by atoms with van der Waals surface area (Å²) in [6.07, 6.45) is -0.649. The molecule has 0 bridgehead atoms. The lowest BCUT2D eigenvalue weighted by Crippen LogP contribution is -2.33. The molecule has 3 N–H and O–H groups in total. The number of aliphatic hydroxyl groups is 1. The van der Waals surface area contributed by atoms with Gasteiger partial charge in [0.05, 0.1) is 24.4 Å². The van der Waals surface area contributed by atoms with Crippen molar-refractivity contribution in [2.45, 2.75) is 46.8 Å². The second kappa shape index (κ2) is 15.0. The first-order valence-electron chi connectivity index (χ1n) is 14.1. The summed E-state index contributed by atoms with van der Waals surface area (Å²) in [6, 6.07) is 30.1. The van der Waals surface area contributed by atoms with Gasteiger partial charge in [0.25, 0.3) is 9.70 Å². The third-order valence-corrected chi connectivity index (χ3v) is 9.01. The van der Waals surface area contributed by atoms with Gasteiger partial charge in [-0.2, -0.15) is 0 Å². The van der Waals surface area contributed by atoms with Crippen molar-refractivity contribution in [2.75, 3.05) is 5.75 Å². The van der Waals surface area contributed by atoms with Crippen molar-refractivity contribution in [3.8, 4) is 11.1 Å². The van der Waals surface area contributed by atoms with Crippen LogP contribution in [0.3, 0.4) is 0 Å². The minimum absolute atomic E-state index is 0.0486. The van der Waals surface area contributed by atoms with Crippen molar-refractivity contribution in [1.82, 2.24) is 5.32 Å². The van der Waals surface area contributed by atoms with E-state index in [9.17, 15) is 19.8 Å². The van der Waals surface area contributed by atoms with Gasteiger partial charge in [-0.15, -0.1) is 11.8 Å². The zero-order chi connectivity index (χ0) is 32.0. The number of rotatable bonds is 10. The zero-order valence-corrected chi connectivity index (χ0v) is 27.0. The SMILES string of the molecule is O=C(O)c1ccccc1SC[C@@H]1C[C@H](c2ccc(CO)cc2)O[C@H](c2cccc(-c3cccc(CNC(=O)C(Cl)(Cl)Cl)c3)c2)O1. The number of hydrogen-bond acceptors (Lipinski definition) is 6. The van der Waals surface area contributed by atoms with E-state index in [4.69, 9.17) is 44.3 Å². The molecule has 11 heteroatoms.